The molecule has 1 N–H and O–H groups in total. The van der Waals surface area contributed by atoms with Crippen molar-refractivity contribution in [3.05, 3.63) is 59.4 Å². The number of nitrogens with one attached hydrogen (secondary N) is 1. The molecular weight excluding hydrogens is 262 g/mol. The smallest absolute Gasteiger partial charge is 0.255 e. The van der Waals surface area contributed by atoms with Crippen molar-refractivity contribution >= 4 is 22.4 Å². The summed E-state index contributed by atoms with van der Waals surface area (Å²) >= 11 is 0. The lowest BCUT2D eigenvalue weighted by Gasteiger charge is -2.07. The molecule has 0 radical (unpaired) electrons. The molecule has 0 fully saturated rings. The first-order valence-corrected chi connectivity index (χ1v) is 6.86. The Morgan fingerprint density at radius 1 is 1.10 bits per heavy atom. The molecule has 106 valence electrons. The number of anilines is 1. The maximum absolute atomic E-state index is 12.4. The summed E-state index contributed by atoms with van der Waals surface area (Å²) in [5.74, 6) is -0.111. The molecule has 2 aromatic carbocycles. The van der Waals surface area contributed by atoms with Gasteiger partial charge in [0.2, 0.25) is 0 Å². The van der Waals surface area contributed by atoms with Gasteiger partial charge in [-0.25, -0.2) is 0 Å². The van der Waals surface area contributed by atoms with Gasteiger partial charge in [0.25, 0.3) is 5.91 Å². The van der Waals surface area contributed by atoms with Gasteiger partial charge in [0.1, 0.15) is 0 Å². The molecule has 0 aliphatic rings. The lowest BCUT2D eigenvalue weighted by atomic mass is 10.1. The predicted molar refractivity (Wildman–Crippen MR) is 84.6 cm³/mol. The second kappa shape index (κ2) is 5.05. The van der Waals surface area contributed by atoms with Crippen molar-refractivity contribution in [2.24, 2.45) is 7.05 Å². The second-order valence-corrected chi connectivity index (χ2v) is 5.19. The number of rotatable bonds is 2. The SMILES string of the molecule is Cc1nn(C)c(C)c1NC(=O)c1ccc2ccccc2c1. The number of carbonyl (C=O) groups is 1. The fourth-order valence-corrected chi connectivity index (χ4v) is 2.47. The summed E-state index contributed by atoms with van der Waals surface area (Å²) in [6.07, 6.45) is 0. The van der Waals surface area contributed by atoms with Gasteiger partial charge in [-0.3, -0.25) is 9.48 Å². The Bertz CT molecular complexity index is 833. The van der Waals surface area contributed by atoms with Gasteiger partial charge in [0.15, 0.2) is 0 Å². The minimum absolute atomic E-state index is 0.111. The lowest BCUT2D eigenvalue weighted by Crippen LogP contribution is -2.13. The van der Waals surface area contributed by atoms with Crippen LogP contribution >= 0.6 is 0 Å². The number of benzene rings is 2. The van der Waals surface area contributed by atoms with Crippen molar-refractivity contribution in [1.29, 1.82) is 0 Å². The average molecular weight is 279 g/mol. The van der Waals surface area contributed by atoms with Crippen molar-refractivity contribution in [3.63, 3.8) is 0 Å². The highest BCUT2D eigenvalue weighted by Crippen LogP contribution is 2.21. The van der Waals surface area contributed by atoms with Gasteiger partial charge in [-0.05, 0) is 36.8 Å². The molecule has 21 heavy (non-hydrogen) atoms. The monoisotopic (exact) mass is 279 g/mol. The Balaban J connectivity index is 1.93. The predicted octanol–water partition coefficient (Wildman–Crippen LogP) is 3.44. The van der Waals surface area contributed by atoms with Crippen molar-refractivity contribution in [2.75, 3.05) is 5.32 Å². The van der Waals surface area contributed by atoms with Crippen LogP contribution in [0, 0.1) is 13.8 Å². The van der Waals surface area contributed by atoms with E-state index in [9.17, 15) is 4.79 Å². The number of aromatic nitrogens is 2. The van der Waals surface area contributed by atoms with Gasteiger partial charge in [-0.1, -0.05) is 30.3 Å². The first-order chi connectivity index (χ1) is 10.1. The molecule has 1 aromatic heterocycles. The summed E-state index contributed by atoms with van der Waals surface area (Å²) in [4.78, 5) is 12.4. The molecule has 0 aliphatic carbocycles. The molecule has 4 heteroatoms. The van der Waals surface area contributed by atoms with Crippen LogP contribution in [-0.4, -0.2) is 15.7 Å². The largest absolute Gasteiger partial charge is 0.319 e. The minimum atomic E-state index is -0.111. The normalized spacial score (nSPS) is 10.8. The molecule has 0 saturated carbocycles. The van der Waals surface area contributed by atoms with Crippen LogP contribution in [0.15, 0.2) is 42.5 Å². The van der Waals surface area contributed by atoms with E-state index < -0.39 is 0 Å². The quantitative estimate of drug-likeness (QED) is 0.781. The number of hydrogen-bond donors (Lipinski definition) is 1. The van der Waals surface area contributed by atoms with E-state index in [0.29, 0.717) is 5.56 Å². The van der Waals surface area contributed by atoms with E-state index in [0.717, 1.165) is 27.8 Å². The highest BCUT2D eigenvalue weighted by atomic mass is 16.1. The molecule has 0 spiro atoms. The number of nitrogens with zero attached hydrogens (tertiary/aromatic N) is 2. The van der Waals surface area contributed by atoms with Crippen molar-refractivity contribution < 1.29 is 4.79 Å². The van der Waals surface area contributed by atoms with Gasteiger partial charge in [0, 0.05) is 12.6 Å². The van der Waals surface area contributed by atoms with E-state index in [1.54, 1.807) is 4.68 Å². The third kappa shape index (κ3) is 2.40. The van der Waals surface area contributed by atoms with E-state index in [1.807, 2.05) is 63.4 Å². The highest BCUT2D eigenvalue weighted by Gasteiger charge is 2.13. The summed E-state index contributed by atoms with van der Waals surface area (Å²) < 4.78 is 1.77. The zero-order valence-corrected chi connectivity index (χ0v) is 12.3. The van der Waals surface area contributed by atoms with Crippen LogP contribution in [0.3, 0.4) is 0 Å². The number of aryl methyl sites for hydroxylation is 2. The van der Waals surface area contributed by atoms with Crippen LogP contribution in [0.5, 0.6) is 0 Å². The maximum atomic E-state index is 12.4. The van der Waals surface area contributed by atoms with Gasteiger partial charge in [-0.2, -0.15) is 5.10 Å². The van der Waals surface area contributed by atoms with Crippen LogP contribution in [0.4, 0.5) is 5.69 Å². The third-order valence-corrected chi connectivity index (χ3v) is 3.76. The van der Waals surface area contributed by atoms with Gasteiger partial charge in [-0.15, -0.1) is 0 Å². The molecule has 1 heterocycles. The average Bonchev–Trinajstić information content (AvgIpc) is 2.73. The molecular formula is C17H17N3O. The Hall–Kier alpha value is -2.62. The zero-order chi connectivity index (χ0) is 15.0. The standard InChI is InChI=1S/C17H17N3O/c1-11-16(12(2)20(3)19-11)18-17(21)15-9-8-13-6-4-5-7-14(13)10-15/h4-10H,1-3H3,(H,18,21). The number of fused-ring (bicyclic) bond motifs is 1. The Labute approximate surface area is 123 Å². The first-order valence-electron chi connectivity index (χ1n) is 6.86. The second-order valence-electron chi connectivity index (χ2n) is 5.19. The van der Waals surface area contributed by atoms with Crippen LogP contribution in [0.2, 0.25) is 0 Å². The van der Waals surface area contributed by atoms with E-state index in [1.165, 1.54) is 0 Å². The van der Waals surface area contributed by atoms with Gasteiger partial charge >= 0.3 is 0 Å². The van der Waals surface area contributed by atoms with E-state index in [4.69, 9.17) is 0 Å². The van der Waals surface area contributed by atoms with Gasteiger partial charge in [0.05, 0.1) is 17.1 Å². The van der Waals surface area contributed by atoms with E-state index in [2.05, 4.69) is 10.4 Å². The molecule has 0 atom stereocenters. The number of hydrogen-bond acceptors (Lipinski definition) is 2. The Kier molecular flexibility index (Phi) is 3.22. The summed E-state index contributed by atoms with van der Waals surface area (Å²) in [5.41, 5.74) is 3.21. The first kappa shape index (κ1) is 13.4. The fourth-order valence-electron chi connectivity index (χ4n) is 2.47. The fraction of sp³-hybridized carbons (Fsp3) is 0.176. The molecule has 4 nitrogen and oxygen atoms in total. The summed E-state index contributed by atoms with van der Waals surface area (Å²) in [7, 11) is 1.87. The Morgan fingerprint density at radius 2 is 1.81 bits per heavy atom. The molecule has 0 unspecified atom stereocenters. The summed E-state index contributed by atoms with van der Waals surface area (Å²) in [6.45, 7) is 3.83. The highest BCUT2D eigenvalue weighted by molar-refractivity contribution is 6.06. The van der Waals surface area contributed by atoms with Crippen LogP contribution < -0.4 is 5.32 Å². The van der Waals surface area contributed by atoms with Gasteiger partial charge < -0.3 is 5.32 Å². The van der Waals surface area contributed by atoms with Crippen LogP contribution in [0.25, 0.3) is 10.8 Å². The number of amides is 1. The number of carbonyl (C=O) groups excluding carboxylic acids is 1. The lowest BCUT2D eigenvalue weighted by molar-refractivity contribution is 0.102. The molecule has 3 aromatic rings. The van der Waals surface area contributed by atoms with E-state index >= 15 is 0 Å². The zero-order valence-electron chi connectivity index (χ0n) is 12.3. The molecule has 0 bridgehead atoms. The summed E-state index contributed by atoms with van der Waals surface area (Å²) in [5, 5.41) is 9.45. The topological polar surface area (TPSA) is 46.9 Å². The Morgan fingerprint density at radius 3 is 2.48 bits per heavy atom. The molecule has 0 saturated heterocycles. The van der Waals surface area contributed by atoms with E-state index in [-0.39, 0.29) is 5.91 Å². The van der Waals surface area contributed by atoms with Crippen molar-refractivity contribution in [3.8, 4) is 0 Å². The summed E-state index contributed by atoms with van der Waals surface area (Å²) in [6, 6.07) is 13.7. The molecule has 1 amide bonds. The van der Waals surface area contributed by atoms with Crippen molar-refractivity contribution in [2.45, 2.75) is 13.8 Å². The molecule has 3 rings (SSSR count). The third-order valence-electron chi connectivity index (χ3n) is 3.76. The van der Waals surface area contributed by atoms with Crippen LogP contribution in [0.1, 0.15) is 21.7 Å². The minimum Gasteiger partial charge on any atom is -0.319 e. The van der Waals surface area contributed by atoms with Crippen LogP contribution in [-0.2, 0) is 7.05 Å². The molecule has 0 aliphatic heterocycles. The maximum Gasteiger partial charge on any atom is 0.255 e. The van der Waals surface area contributed by atoms with Crippen molar-refractivity contribution in [1.82, 2.24) is 9.78 Å².